The van der Waals surface area contributed by atoms with E-state index in [1.807, 2.05) is 91.0 Å². The van der Waals surface area contributed by atoms with Crippen LogP contribution >= 0.6 is 0 Å². The zero-order valence-corrected chi connectivity index (χ0v) is 18.7. The number of para-hydroxylation sites is 2. The van der Waals surface area contributed by atoms with E-state index in [2.05, 4.69) is 15.3 Å². The lowest BCUT2D eigenvalue weighted by molar-refractivity contribution is 0.474. The topological polar surface area (TPSA) is 82.7 Å². The zero-order valence-electron chi connectivity index (χ0n) is 18.7. The molecule has 0 unspecified atom stereocenters. The molecule has 4 aromatic carbocycles. The van der Waals surface area contributed by atoms with Gasteiger partial charge in [0.1, 0.15) is 11.5 Å². The van der Waals surface area contributed by atoms with Gasteiger partial charge in [-0.05, 0) is 24.3 Å². The second-order valence-electron chi connectivity index (χ2n) is 7.82. The minimum absolute atomic E-state index is 0.103. The maximum atomic E-state index is 13.8. The van der Waals surface area contributed by atoms with Crippen molar-refractivity contribution in [2.75, 3.05) is 0 Å². The Labute approximate surface area is 202 Å². The van der Waals surface area contributed by atoms with Gasteiger partial charge in [0, 0.05) is 16.7 Å². The smallest absolute Gasteiger partial charge is 0.281 e. The summed E-state index contributed by atoms with van der Waals surface area (Å²) < 4.78 is 1.52. The van der Waals surface area contributed by atoms with Crippen LogP contribution in [0.1, 0.15) is 16.7 Å². The molecule has 0 spiro atoms. The van der Waals surface area contributed by atoms with Gasteiger partial charge in [0.05, 0.1) is 23.2 Å². The van der Waals surface area contributed by atoms with Crippen LogP contribution in [0.25, 0.3) is 16.9 Å². The summed E-state index contributed by atoms with van der Waals surface area (Å²) in [4.78, 5) is 13.8. The number of hydrogen-bond acceptors (Lipinski definition) is 4. The Hall–Kier alpha value is -4.97. The number of rotatable bonds is 6. The van der Waals surface area contributed by atoms with Gasteiger partial charge in [-0.15, -0.1) is 5.10 Å². The lowest BCUT2D eigenvalue weighted by atomic mass is 9.99. The van der Waals surface area contributed by atoms with Crippen molar-refractivity contribution in [3.8, 4) is 22.7 Å². The molecule has 0 atom stereocenters. The van der Waals surface area contributed by atoms with Crippen LogP contribution in [0.4, 0.5) is 0 Å². The van der Waals surface area contributed by atoms with Crippen LogP contribution in [-0.4, -0.2) is 26.8 Å². The number of benzene rings is 4. The number of aromatic hydroxyl groups is 1. The molecule has 170 valence electrons. The third-order valence-electron chi connectivity index (χ3n) is 5.54. The highest BCUT2D eigenvalue weighted by molar-refractivity contribution is 6.15. The van der Waals surface area contributed by atoms with Crippen LogP contribution in [-0.2, 0) is 0 Å². The zero-order chi connectivity index (χ0) is 24.0. The molecule has 0 aliphatic carbocycles. The first kappa shape index (κ1) is 21.9. The molecule has 5 aromatic rings. The van der Waals surface area contributed by atoms with Crippen molar-refractivity contribution < 1.29 is 5.11 Å². The standard InChI is InChI=1S/C29H22N4O2/c34-25-19-11-10-16-23(25)20-30-31-27(21-12-4-1-5-13-21)26-28(22-14-6-2-7-15-22)32-33(29(26)35)24-17-8-3-9-18-24/h1-20,32,34H/b30-20+,31-27+. The van der Waals surface area contributed by atoms with Crippen LogP contribution in [0.3, 0.4) is 0 Å². The molecule has 0 radical (unpaired) electrons. The highest BCUT2D eigenvalue weighted by Crippen LogP contribution is 2.24. The van der Waals surface area contributed by atoms with Crippen molar-refractivity contribution in [1.29, 1.82) is 0 Å². The van der Waals surface area contributed by atoms with Crippen LogP contribution in [0.5, 0.6) is 5.75 Å². The van der Waals surface area contributed by atoms with Crippen molar-refractivity contribution in [2.45, 2.75) is 0 Å². The molecule has 35 heavy (non-hydrogen) atoms. The van der Waals surface area contributed by atoms with Crippen molar-refractivity contribution in [2.24, 2.45) is 10.2 Å². The molecule has 6 heteroatoms. The fraction of sp³-hybridized carbons (Fsp3) is 0. The highest BCUT2D eigenvalue weighted by Gasteiger charge is 2.23. The molecular formula is C29H22N4O2. The number of nitrogens with zero attached hydrogens (tertiary/aromatic N) is 3. The molecule has 0 saturated carbocycles. The van der Waals surface area contributed by atoms with Gasteiger partial charge in [-0.2, -0.15) is 5.10 Å². The largest absolute Gasteiger partial charge is 0.507 e. The normalized spacial score (nSPS) is 11.7. The molecule has 0 bridgehead atoms. The number of hydrogen-bond donors (Lipinski definition) is 2. The molecular weight excluding hydrogens is 436 g/mol. The number of aromatic nitrogens is 2. The summed E-state index contributed by atoms with van der Waals surface area (Å²) in [6.07, 6.45) is 1.48. The molecule has 2 N–H and O–H groups in total. The lowest BCUT2D eigenvalue weighted by Crippen LogP contribution is -2.21. The first-order chi connectivity index (χ1) is 17.2. The average Bonchev–Trinajstić information content (AvgIpc) is 3.26. The van der Waals surface area contributed by atoms with E-state index in [1.165, 1.54) is 10.9 Å². The Morgan fingerprint density at radius 2 is 1.37 bits per heavy atom. The van der Waals surface area contributed by atoms with Gasteiger partial charge < -0.3 is 5.11 Å². The number of phenols is 1. The molecule has 0 fully saturated rings. The van der Waals surface area contributed by atoms with Crippen LogP contribution in [0.15, 0.2) is 130 Å². The monoisotopic (exact) mass is 458 g/mol. The lowest BCUT2D eigenvalue weighted by Gasteiger charge is -2.06. The van der Waals surface area contributed by atoms with Crippen molar-refractivity contribution in [3.63, 3.8) is 0 Å². The number of H-pyrrole nitrogens is 1. The summed E-state index contributed by atoms with van der Waals surface area (Å²) in [6, 6.07) is 35.4. The van der Waals surface area contributed by atoms with Gasteiger partial charge in [-0.25, -0.2) is 4.68 Å². The first-order valence-electron chi connectivity index (χ1n) is 11.1. The van der Waals surface area contributed by atoms with E-state index in [9.17, 15) is 9.90 Å². The minimum Gasteiger partial charge on any atom is -0.507 e. The van der Waals surface area contributed by atoms with Gasteiger partial charge in [-0.3, -0.25) is 9.89 Å². The third kappa shape index (κ3) is 4.58. The number of phenolic OH excluding ortho intramolecular Hbond substituents is 1. The van der Waals surface area contributed by atoms with E-state index in [0.717, 1.165) is 11.1 Å². The molecule has 1 heterocycles. The van der Waals surface area contributed by atoms with Gasteiger partial charge >= 0.3 is 0 Å². The van der Waals surface area contributed by atoms with Crippen LogP contribution in [0.2, 0.25) is 0 Å². The number of aromatic amines is 1. The predicted octanol–water partition coefficient (Wildman–Crippen LogP) is 5.41. The fourth-order valence-electron chi connectivity index (χ4n) is 3.82. The Balaban J connectivity index is 1.74. The van der Waals surface area contributed by atoms with E-state index >= 15 is 0 Å². The van der Waals surface area contributed by atoms with E-state index in [0.29, 0.717) is 28.2 Å². The highest BCUT2D eigenvalue weighted by atomic mass is 16.3. The summed E-state index contributed by atoms with van der Waals surface area (Å²) in [5, 5.41) is 22.1. The SMILES string of the molecule is O=c1c(/C(=N/N=C/c2ccccc2O)c2ccccc2)c(-c2ccccc2)[nH]n1-c1ccccc1. The quantitative estimate of drug-likeness (QED) is 0.263. The van der Waals surface area contributed by atoms with Gasteiger partial charge in [0.15, 0.2) is 0 Å². The van der Waals surface area contributed by atoms with Gasteiger partial charge in [0.25, 0.3) is 5.56 Å². The second kappa shape index (κ2) is 9.89. The summed E-state index contributed by atoms with van der Waals surface area (Å²) in [5.74, 6) is 0.103. The Bertz CT molecular complexity index is 1550. The molecule has 0 saturated heterocycles. The molecule has 0 amide bonds. The predicted molar refractivity (Wildman–Crippen MR) is 140 cm³/mol. The van der Waals surface area contributed by atoms with Crippen LogP contribution in [0, 0.1) is 0 Å². The fourth-order valence-corrected chi connectivity index (χ4v) is 3.82. The molecule has 6 nitrogen and oxygen atoms in total. The Morgan fingerprint density at radius 1 is 0.771 bits per heavy atom. The van der Waals surface area contributed by atoms with Crippen molar-refractivity contribution in [3.05, 3.63) is 142 Å². The molecule has 5 rings (SSSR count). The van der Waals surface area contributed by atoms with Crippen molar-refractivity contribution >= 4 is 11.9 Å². The maximum absolute atomic E-state index is 13.8. The third-order valence-corrected chi connectivity index (χ3v) is 5.54. The van der Waals surface area contributed by atoms with Crippen LogP contribution < -0.4 is 5.56 Å². The van der Waals surface area contributed by atoms with E-state index in [4.69, 9.17) is 0 Å². The van der Waals surface area contributed by atoms with Gasteiger partial charge in [0.2, 0.25) is 0 Å². The Morgan fingerprint density at radius 3 is 2.06 bits per heavy atom. The molecule has 0 aliphatic heterocycles. The van der Waals surface area contributed by atoms with Gasteiger partial charge in [-0.1, -0.05) is 91.0 Å². The maximum Gasteiger partial charge on any atom is 0.281 e. The first-order valence-corrected chi connectivity index (χ1v) is 11.1. The van der Waals surface area contributed by atoms with Crippen molar-refractivity contribution in [1.82, 2.24) is 9.78 Å². The summed E-state index contributed by atoms with van der Waals surface area (Å²) >= 11 is 0. The molecule has 0 aliphatic rings. The summed E-state index contributed by atoms with van der Waals surface area (Å²) in [7, 11) is 0. The summed E-state index contributed by atoms with van der Waals surface area (Å²) in [6.45, 7) is 0. The number of nitrogens with one attached hydrogen (secondary N) is 1. The second-order valence-corrected chi connectivity index (χ2v) is 7.82. The van der Waals surface area contributed by atoms with E-state index in [1.54, 1.807) is 24.3 Å². The van der Waals surface area contributed by atoms with E-state index < -0.39 is 0 Å². The average molecular weight is 459 g/mol. The summed E-state index contributed by atoms with van der Waals surface area (Å²) in [5.41, 5.74) is 4.06. The minimum atomic E-state index is -0.240. The Kier molecular flexibility index (Phi) is 6.17. The molecule has 1 aromatic heterocycles. The van der Waals surface area contributed by atoms with E-state index in [-0.39, 0.29) is 11.3 Å².